The predicted molar refractivity (Wildman–Crippen MR) is 114 cm³/mol. The van der Waals surface area contributed by atoms with Crippen molar-refractivity contribution in [3.63, 3.8) is 0 Å². The molecule has 142 valence electrons. The molecule has 0 spiro atoms. The van der Waals surface area contributed by atoms with Crippen molar-refractivity contribution in [1.29, 1.82) is 0 Å². The molecule has 0 atom stereocenters. The summed E-state index contributed by atoms with van der Waals surface area (Å²) in [4.78, 5) is 26.6. The Bertz CT molecular complexity index is 949. The first-order valence-corrected chi connectivity index (χ1v) is 9.57. The number of thiocarbonyl (C=S) groups is 1. The maximum absolute atomic E-state index is 12.3. The second kappa shape index (κ2) is 8.86. The molecule has 0 unspecified atom stereocenters. The molecule has 28 heavy (non-hydrogen) atoms. The van der Waals surface area contributed by atoms with Crippen molar-refractivity contribution in [2.75, 3.05) is 13.7 Å². The summed E-state index contributed by atoms with van der Waals surface area (Å²) in [5, 5.41) is 0. The largest absolute Gasteiger partial charge is 0.497 e. The predicted octanol–water partition coefficient (Wildman–Crippen LogP) is 4.30. The minimum atomic E-state index is -0.458. The van der Waals surface area contributed by atoms with Crippen molar-refractivity contribution in [2.24, 2.45) is 0 Å². The number of carbonyl (C=O) groups excluding carboxylic acids is 2. The molecule has 2 aromatic carbocycles. The first-order chi connectivity index (χ1) is 13.5. The number of ether oxygens (including phenoxy) is 2. The van der Waals surface area contributed by atoms with Gasteiger partial charge in [0.1, 0.15) is 15.8 Å². The lowest BCUT2D eigenvalue weighted by Gasteiger charge is -2.10. The third-order valence-electron chi connectivity index (χ3n) is 3.90. The van der Waals surface area contributed by atoms with Crippen LogP contribution >= 0.6 is 24.0 Å². The Balaban J connectivity index is 1.68. The minimum absolute atomic E-state index is 0.134. The Morgan fingerprint density at radius 3 is 2.39 bits per heavy atom. The van der Waals surface area contributed by atoms with Gasteiger partial charge in [0.25, 0.3) is 5.91 Å². The molecule has 1 aliphatic heterocycles. The second-order valence-electron chi connectivity index (χ2n) is 5.77. The van der Waals surface area contributed by atoms with E-state index in [4.69, 9.17) is 21.7 Å². The van der Waals surface area contributed by atoms with Gasteiger partial charge in [0.05, 0.1) is 17.6 Å². The van der Waals surface area contributed by atoms with Crippen LogP contribution in [-0.2, 0) is 4.79 Å². The van der Waals surface area contributed by atoms with Crippen molar-refractivity contribution in [1.82, 2.24) is 4.90 Å². The highest BCUT2D eigenvalue weighted by Gasteiger charge is 2.30. The van der Waals surface area contributed by atoms with E-state index in [0.29, 0.717) is 32.8 Å². The fourth-order valence-electron chi connectivity index (χ4n) is 2.46. The fraction of sp³-hybridized carbons (Fsp3) is 0.0952. The highest BCUT2D eigenvalue weighted by molar-refractivity contribution is 8.26. The highest BCUT2D eigenvalue weighted by Crippen LogP contribution is 2.32. The van der Waals surface area contributed by atoms with Gasteiger partial charge < -0.3 is 9.47 Å². The molecule has 3 rings (SSSR count). The Morgan fingerprint density at radius 2 is 1.79 bits per heavy atom. The molecule has 0 bridgehead atoms. The molecule has 5 nitrogen and oxygen atoms in total. The van der Waals surface area contributed by atoms with Crippen LogP contribution in [0.15, 0.2) is 66.1 Å². The van der Waals surface area contributed by atoms with E-state index in [1.54, 1.807) is 67.8 Å². The molecule has 0 aliphatic carbocycles. The summed E-state index contributed by atoms with van der Waals surface area (Å²) in [6, 6.07) is 13.6. The lowest BCUT2D eigenvalue weighted by atomic mass is 10.2. The summed E-state index contributed by atoms with van der Waals surface area (Å²) >= 11 is 6.48. The van der Waals surface area contributed by atoms with E-state index in [2.05, 4.69) is 6.58 Å². The van der Waals surface area contributed by atoms with E-state index >= 15 is 0 Å². The number of esters is 1. The van der Waals surface area contributed by atoms with Crippen LogP contribution in [0, 0.1) is 0 Å². The summed E-state index contributed by atoms with van der Waals surface area (Å²) in [5.41, 5.74) is 1.24. The number of rotatable bonds is 6. The standard InChI is InChI=1S/C21H17NO4S2/c1-3-12-22-19(23)18(28-21(22)27)13-14-4-8-17(9-5-14)26-20(24)15-6-10-16(25-2)11-7-15/h3-11,13H,1,12H2,2H3/b18-13-. The van der Waals surface area contributed by atoms with Crippen molar-refractivity contribution in [2.45, 2.75) is 0 Å². The third-order valence-corrected chi connectivity index (χ3v) is 5.28. The van der Waals surface area contributed by atoms with E-state index in [9.17, 15) is 9.59 Å². The van der Waals surface area contributed by atoms with Gasteiger partial charge >= 0.3 is 5.97 Å². The highest BCUT2D eigenvalue weighted by atomic mass is 32.2. The zero-order valence-corrected chi connectivity index (χ0v) is 16.7. The van der Waals surface area contributed by atoms with Crippen LogP contribution < -0.4 is 9.47 Å². The fourth-order valence-corrected chi connectivity index (χ4v) is 3.74. The average molecular weight is 412 g/mol. The van der Waals surface area contributed by atoms with Crippen molar-refractivity contribution >= 4 is 46.3 Å². The zero-order valence-electron chi connectivity index (χ0n) is 15.1. The molecule has 0 saturated carbocycles. The van der Waals surface area contributed by atoms with Crippen LogP contribution in [0.3, 0.4) is 0 Å². The van der Waals surface area contributed by atoms with Crippen molar-refractivity contribution in [3.8, 4) is 11.5 Å². The number of hydrogen-bond acceptors (Lipinski definition) is 6. The van der Waals surface area contributed by atoms with E-state index in [-0.39, 0.29) is 5.91 Å². The van der Waals surface area contributed by atoms with Gasteiger partial charge in [0.15, 0.2) is 0 Å². The van der Waals surface area contributed by atoms with Gasteiger partial charge in [-0.05, 0) is 48.0 Å². The maximum Gasteiger partial charge on any atom is 0.343 e. The smallest absolute Gasteiger partial charge is 0.343 e. The van der Waals surface area contributed by atoms with Crippen molar-refractivity contribution < 1.29 is 19.1 Å². The lowest BCUT2D eigenvalue weighted by molar-refractivity contribution is -0.121. The van der Waals surface area contributed by atoms with Gasteiger partial charge in [-0.2, -0.15) is 0 Å². The summed E-state index contributed by atoms with van der Waals surface area (Å²) in [5.74, 6) is 0.488. The normalized spacial score (nSPS) is 15.0. The van der Waals surface area contributed by atoms with Crippen molar-refractivity contribution in [3.05, 3.63) is 77.2 Å². The minimum Gasteiger partial charge on any atom is -0.497 e. The Morgan fingerprint density at radius 1 is 1.14 bits per heavy atom. The van der Waals surface area contributed by atoms with E-state index in [1.165, 1.54) is 16.7 Å². The summed E-state index contributed by atoms with van der Waals surface area (Å²) in [7, 11) is 1.56. The quantitative estimate of drug-likeness (QED) is 0.232. The second-order valence-corrected chi connectivity index (χ2v) is 7.44. The maximum atomic E-state index is 12.3. The first-order valence-electron chi connectivity index (χ1n) is 8.34. The average Bonchev–Trinajstić information content (AvgIpc) is 2.97. The van der Waals surface area contributed by atoms with Gasteiger partial charge in [0.2, 0.25) is 0 Å². The Labute approximate surface area is 172 Å². The van der Waals surface area contributed by atoms with Gasteiger partial charge in [-0.15, -0.1) is 6.58 Å². The van der Waals surface area contributed by atoms with Gasteiger partial charge in [-0.3, -0.25) is 9.69 Å². The van der Waals surface area contributed by atoms with Crippen LogP contribution in [0.4, 0.5) is 0 Å². The molecule has 7 heteroatoms. The molecule has 2 aromatic rings. The van der Waals surface area contributed by atoms with Crippen LogP contribution in [0.2, 0.25) is 0 Å². The first kappa shape index (κ1) is 19.9. The summed E-state index contributed by atoms with van der Waals surface area (Å²) < 4.78 is 11.0. The zero-order chi connectivity index (χ0) is 20.1. The molecule has 1 fully saturated rings. The number of carbonyl (C=O) groups is 2. The number of benzene rings is 2. The number of thioether (sulfide) groups is 1. The lowest BCUT2D eigenvalue weighted by Crippen LogP contribution is -2.27. The number of amides is 1. The monoisotopic (exact) mass is 411 g/mol. The number of nitrogens with zero attached hydrogens (tertiary/aromatic N) is 1. The molecule has 1 saturated heterocycles. The van der Waals surface area contributed by atoms with Gasteiger partial charge in [0, 0.05) is 6.54 Å². The summed E-state index contributed by atoms with van der Waals surface area (Å²) in [6.45, 7) is 4.03. The third kappa shape index (κ3) is 4.49. The van der Waals surface area contributed by atoms with E-state index in [1.807, 2.05) is 0 Å². The van der Waals surface area contributed by atoms with Crippen LogP contribution in [0.5, 0.6) is 11.5 Å². The number of methoxy groups -OCH3 is 1. The van der Waals surface area contributed by atoms with Crippen LogP contribution in [0.1, 0.15) is 15.9 Å². The SMILES string of the molecule is C=CCN1C(=O)/C(=C/c2ccc(OC(=O)c3ccc(OC)cc3)cc2)SC1=S. The molecule has 1 aliphatic rings. The van der Waals surface area contributed by atoms with Crippen LogP contribution in [0.25, 0.3) is 6.08 Å². The molecule has 0 aromatic heterocycles. The molecule has 1 heterocycles. The van der Waals surface area contributed by atoms with Gasteiger partial charge in [-0.1, -0.05) is 42.2 Å². The van der Waals surface area contributed by atoms with E-state index < -0.39 is 5.97 Å². The topological polar surface area (TPSA) is 55.8 Å². The van der Waals surface area contributed by atoms with Crippen LogP contribution in [-0.4, -0.2) is 34.8 Å². The van der Waals surface area contributed by atoms with E-state index in [0.717, 1.165) is 5.56 Å². The molecule has 1 amide bonds. The molecule has 0 N–H and O–H groups in total. The Hall–Kier alpha value is -2.90. The Kier molecular flexibility index (Phi) is 6.28. The van der Waals surface area contributed by atoms with Gasteiger partial charge in [-0.25, -0.2) is 4.79 Å². The molecular weight excluding hydrogens is 394 g/mol. The molecular formula is C21H17NO4S2. The summed E-state index contributed by atoms with van der Waals surface area (Å²) in [6.07, 6.45) is 3.40. The number of hydrogen-bond donors (Lipinski definition) is 0. The molecule has 0 radical (unpaired) electrons.